The molecule has 0 saturated carbocycles. The van der Waals surface area contributed by atoms with Gasteiger partial charge in [-0.3, -0.25) is 18.9 Å². The van der Waals surface area contributed by atoms with Gasteiger partial charge in [0.25, 0.3) is 21.2 Å². The summed E-state index contributed by atoms with van der Waals surface area (Å²) in [5, 5.41) is 11.8. The number of phosphoric acid groups is 2. The number of nitrogens with one attached hydrogen (secondary N) is 5. The van der Waals surface area contributed by atoms with Crippen molar-refractivity contribution < 1.29 is 78.5 Å². The van der Waals surface area contributed by atoms with Gasteiger partial charge in [-0.05, 0) is 0 Å². The molecule has 0 aromatic carbocycles. The molecule has 6 heterocycles. The quantitative estimate of drug-likeness (QED) is 0.0719. The second kappa shape index (κ2) is 18.4. The number of nitrogens with zero attached hydrogens (tertiary/aromatic N) is 3. The topological polar surface area (TPSA) is 370 Å². The Kier molecular flexibility index (Phi) is 16.5. The molecule has 0 bridgehead atoms. The van der Waals surface area contributed by atoms with Crippen LogP contribution in [0.4, 0.5) is 34.9 Å². The predicted octanol–water partition coefficient (Wildman–Crippen LogP) is -4.36. The van der Waals surface area contributed by atoms with E-state index in [2.05, 4.69) is 50.3 Å². The molecule has 0 saturated heterocycles. The van der Waals surface area contributed by atoms with Crippen LogP contribution >= 0.6 is 15.6 Å². The van der Waals surface area contributed by atoms with E-state index in [0.29, 0.717) is 16.4 Å². The number of methoxy groups -OCH3 is 1. The maximum Gasteiger partial charge on any atom is 2.00 e. The third-order valence-electron chi connectivity index (χ3n) is 6.82. The van der Waals surface area contributed by atoms with Crippen molar-refractivity contribution >= 4 is 124 Å². The van der Waals surface area contributed by atoms with Crippen molar-refractivity contribution in [1.29, 1.82) is 0 Å². The van der Waals surface area contributed by atoms with Crippen LogP contribution in [0.1, 0.15) is 0 Å². The maximum atomic E-state index is 11.9. The van der Waals surface area contributed by atoms with Crippen LogP contribution in [0.5, 0.6) is 5.88 Å². The molecule has 8 atom stereocenters. The molecule has 284 valence electrons. The number of H-pyrrole nitrogens is 1. The molecule has 2 aromatic heterocycles. The monoisotopic (exact) mass is 1020 g/mol. The SMILES string of the molecule is COc1nc(N)nc2c1N[C@H]1C([S-])=C([S-])[C@@H](COP(=O)([O-])O)O[C@H]1N2.Nc1nc2c(c(=O)[nH]1)N[C@H]1C([S-])=C([S-])[C@@H](COP(=O)([O-])O)O[C@H]1N2.O.[Mg+2].[W]. The van der Waals surface area contributed by atoms with Crippen molar-refractivity contribution in [1.82, 2.24) is 19.9 Å². The van der Waals surface area contributed by atoms with E-state index in [1.165, 1.54) is 7.11 Å². The first-order chi connectivity index (χ1) is 22.8. The molecule has 23 nitrogen and oxygen atoms in total. The van der Waals surface area contributed by atoms with Crippen LogP contribution < -0.4 is 52.8 Å². The van der Waals surface area contributed by atoms with Crippen molar-refractivity contribution in [3.63, 3.8) is 0 Å². The third-order valence-corrected chi connectivity index (χ3v) is 9.95. The second-order valence-electron chi connectivity index (χ2n) is 10.1. The van der Waals surface area contributed by atoms with Gasteiger partial charge in [-0.15, -0.1) is 0 Å². The summed E-state index contributed by atoms with van der Waals surface area (Å²) in [5.41, 5.74) is 11.2. The summed E-state index contributed by atoms with van der Waals surface area (Å²) in [7, 11) is -8.40. The smallest absolute Gasteiger partial charge is 0.783 e. The third kappa shape index (κ3) is 10.8. The zero-order chi connectivity index (χ0) is 36.0. The molecule has 0 aliphatic carbocycles. The number of hydrogen-bond donors (Lipinski definition) is 9. The minimum absolute atomic E-state index is 0. The predicted molar refractivity (Wildman–Crippen MR) is 186 cm³/mol. The van der Waals surface area contributed by atoms with Crippen molar-refractivity contribution in [3.05, 3.63) is 30.0 Å². The van der Waals surface area contributed by atoms with Gasteiger partial charge in [0.05, 0.1) is 44.6 Å². The van der Waals surface area contributed by atoms with E-state index >= 15 is 0 Å². The minimum atomic E-state index is -4.92. The summed E-state index contributed by atoms with van der Waals surface area (Å²) in [6.45, 7) is -1.03. The van der Waals surface area contributed by atoms with Gasteiger partial charge in [-0.1, -0.05) is 0 Å². The summed E-state index contributed by atoms with van der Waals surface area (Å²) in [4.78, 5) is 66.0. The van der Waals surface area contributed by atoms with E-state index < -0.39 is 71.2 Å². The van der Waals surface area contributed by atoms with Gasteiger partial charge in [0.2, 0.25) is 17.8 Å². The number of aromatic amines is 1. The summed E-state index contributed by atoms with van der Waals surface area (Å²) in [6.07, 6.45) is -3.42. The Morgan fingerprint density at radius 1 is 0.808 bits per heavy atom. The Hall–Kier alpha value is -1.53. The molecule has 4 aliphatic rings. The van der Waals surface area contributed by atoms with Gasteiger partial charge < -0.3 is 132 Å². The Morgan fingerprint density at radius 2 is 1.25 bits per heavy atom. The van der Waals surface area contributed by atoms with Crippen LogP contribution in [-0.4, -0.2) is 115 Å². The fourth-order valence-electron chi connectivity index (χ4n) is 4.75. The fraction of sp³-hybridized carbons (Fsp3) is 0.429. The van der Waals surface area contributed by atoms with Crippen molar-refractivity contribution in [3.8, 4) is 5.88 Å². The van der Waals surface area contributed by atoms with E-state index in [4.69, 9.17) is 86.0 Å². The number of hydrogen-bond acceptors (Lipinski definition) is 23. The van der Waals surface area contributed by atoms with E-state index in [0.717, 1.165) is 0 Å². The van der Waals surface area contributed by atoms with Gasteiger partial charge in [0, 0.05) is 21.1 Å². The number of nitrogens with two attached hydrogens (primary N) is 2. The number of nitrogen functional groups attached to an aromatic ring is 2. The van der Waals surface area contributed by atoms with Crippen molar-refractivity contribution in [2.24, 2.45) is 0 Å². The van der Waals surface area contributed by atoms with Crippen LogP contribution in [0.2, 0.25) is 0 Å². The van der Waals surface area contributed by atoms with E-state index in [1.807, 2.05) is 0 Å². The summed E-state index contributed by atoms with van der Waals surface area (Å²) >= 11 is 21.0. The molecule has 52 heavy (non-hydrogen) atoms. The second-order valence-corrected chi connectivity index (χ2v) is 14.2. The Balaban J connectivity index is 0.000000341. The molecule has 31 heteroatoms. The summed E-state index contributed by atoms with van der Waals surface area (Å²) in [5.74, 6) is 0.611. The number of rotatable bonds is 7. The first kappa shape index (κ1) is 46.6. The van der Waals surface area contributed by atoms with Gasteiger partial charge in [-0.2, -0.15) is 34.6 Å². The average molecular weight is 1020 g/mol. The first-order valence-electron chi connectivity index (χ1n) is 13.4. The molecular weight excluding hydrogens is 999 g/mol. The molecule has 13 N–H and O–H groups in total. The Morgan fingerprint density at radius 3 is 1.69 bits per heavy atom. The van der Waals surface area contributed by atoms with Gasteiger partial charge >= 0.3 is 23.1 Å². The van der Waals surface area contributed by atoms with Crippen LogP contribution in [0.15, 0.2) is 24.4 Å². The molecular formula is C21H26MgN10O13P2S4W-4. The van der Waals surface area contributed by atoms with Crippen molar-refractivity contribution in [2.45, 2.75) is 36.7 Å². The van der Waals surface area contributed by atoms with Crippen LogP contribution in [0.25, 0.3) is 0 Å². The Bertz CT molecular complexity index is 1860. The molecule has 0 radical (unpaired) electrons. The molecule has 2 unspecified atom stereocenters. The zero-order valence-corrected chi connectivity index (χ0v) is 35.4. The zero-order valence-electron chi connectivity index (χ0n) is 26.0. The van der Waals surface area contributed by atoms with E-state index in [1.54, 1.807) is 0 Å². The van der Waals surface area contributed by atoms with Gasteiger partial charge in [0.15, 0.2) is 24.1 Å². The standard InChI is InChI=1S/C11H16N5O6PS2.C10H14N5O6PS2.Mg.H2O.W/c1-20-9-5-8(15-11(12)16-9)14-10-4(13-5)7(25)6(24)3(22-10)2-21-23(17,18)19;11-10-14-7-4(8(16)15-10)12-3-6(24)5(23)2(21-9(3)13-7)1-20-22(17,18)19;;;/h3-4,10,13,24-25H,2H2,1H3,(H2,17,18,19)(H3,12,14,15,16);2-3,9,12,23-24H,1H2,(H2,17,18,19)(H4,11,13,14,15,16);;1H2;/q;;+2;;/p-6/t3-,4+,10-;2-,3+,9-;;;/m11.../s1. The Labute approximate surface area is 345 Å². The molecule has 4 aliphatic heterocycles. The van der Waals surface area contributed by atoms with Crippen LogP contribution in [0, 0.1) is 0 Å². The normalized spacial score (nSPS) is 26.2. The van der Waals surface area contributed by atoms with E-state index in [9.17, 15) is 23.7 Å². The molecule has 2 aromatic rings. The first-order valence-corrected chi connectivity index (χ1v) is 18.0. The van der Waals surface area contributed by atoms with Crippen LogP contribution in [-0.2, 0) is 99.2 Å². The average Bonchev–Trinajstić information content (AvgIpc) is 3.01. The maximum absolute atomic E-state index is 11.9. The molecule has 0 amide bonds. The van der Waals surface area contributed by atoms with Gasteiger partial charge in [0.1, 0.15) is 11.4 Å². The van der Waals surface area contributed by atoms with Gasteiger partial charge in [-0.25, -0.2) is 0 Å². The number of ether oxygens (including phenoxy) is 3. The number of aromatic nitrogens is 4. The fourth-order valence-corrected chi connectivity index (χ4v) is 6.53. The molecule has 6 rings (SSSR count). The number of phosphoric ester groups is 2. The molecule has 0 spiro atoms. The van der Waals surface area contributed by atoms with Crippen molar-refractivity contribution in [2.75, 3.05) is 53.1 Å². The van der Waals surface area contributed by atoms with E-state index in [-0.39, 0.29) is 93.6 Å². The summed E-state index contributed by atoms with van der Waals surface area (Å²) < 4.78 is 46.7. The molecule has 0 fully saturated rings. The van der Waals surface area contributed by atoms with Crippen LogP contribution in [0.3, 0.4) is 0 Å². The minimum Gasteiger partial charge on any atom is -0.783 e. The number of fused-ring (bicyclic) bond motifs is 4. The number of anilines is 6. The largest absolute Gasteiger partial charge is 2.00 e. The summed E-state index contributed by atoms with van der Waals surface area (Å²) in [6, 6.07) is -1.18.